The molecule has 110 valence electrons. The van der Waals surface area contributed by atoms with Crippen LogP contribution in [0.15, 0.2) is 40.8 Å². The van der Waals surface area contributed by atoms with E-state index >= 15 is 0 Å². The van der Waals surface area contributed by atoms with Crippen molar-refractivity contribution in [1.82, 2.24) is 0 Å². The largest absolute Gasteiger partial charge is 0.496 e. The van der Waals surface area contributed by atoms with Crippen LogP contribution in [0.1, 0.15) is 12.7 Å². The Morgan fingerprint density at radius 2 is 2.00 bits per heavy atom. The summed E-state index contributed by atoms with van der Waals surface area (Å²) < 4.78 is 15.7. The summed E-state index contributed by atoms with van der Waals surface area (Å²) in [5.74, 6) is 1.43. The molecule has 0 unspecified atom stereocenters. The number of hydrogen-bond donors (Lipinski definition) is 0. The van der Waals surface area contributed by atoms with Gasteiger partial charge in [-0.15, -0.1) is 0 Å². The Kier molecular flexibility index (Phi) is 4.70. The number of esters is 1. The van der Waals surface area contributed by atoms with Gasteiger partial charge in [0.2, 0.25) is 0 Å². The third-order valence-corrected chi connectivity index (χ3v) is 3.19. The van der Waals surface area contributed by atoms with Gasteiger partial charge in [0.15, 0.2) is 0 Å². The predicted molar refractivity (Wildman–Crippen MR) is 81.4 cm³/mol. The van der Waals surface area contributed by atoms with Crippen LogP contribution in [-0.4, -0.2) is 20.2 Å². The van der Waals surface area contributed by atoms with Crippen LogP contribution in [0.25, 0.3) is 16.9 Å². The molecule has 0 saturated carbocycles. The van der Waals surface area contributed by atoms with E-state index < -0.39 is 5.97 Å². The summed E-state index contributed by atoms with van der Waals surface area (Å²) in [6.45, 7) is 1.77. The Hall–Kier alpha value is -2.20. The van der Waals surface area contributed by atoms with Gasteiger partial charge in [-0.05, 0) is 42.8 Å². The molecule has 0 spiro atoms. The molecule has 0 saturated heterocycles. The van der Waals surface area contributed by atoms with E-state index in [1.165, 1.54) is 13.2 Å². The second-order valence-corrected chi connectivity index (χ2v) is 4.80. The molecule has 1 aromatic carbocycles. The van der Waals surface area contributed by atoms with Gasteiger partial charge in [-0.3, -0.25) is 0 Å². The van der Waals surface area contributed by atoms with Crippen molar-refractivity contribution in [3.05, 3.63) is 47.2 Å². The summed E-state index contributed by atoms with van der Waals surface area (Å²) in [6.07, 6.45) is 1.37. The van der Waals surface area contributed by atoms with Gasteiger partial charge in [-0.25, -0.2) is 4.79 Å². The quantitative estimate of drug-likeness (QED) is 0.628. The number of methoxy groups -OCH3 is 2. The maximum absolute atomic E-state index is 11.2. The summed E-state index contributed by atoms with van der Waals surface area (Å²) >= 11 is 6.01. The lowest BCUT2D eigenvalue weighted by atomic mass is 10.1. The Labute approximate surface area is 127 Å². The van der Waals surface area contributed by atoms with Crippen molar-refractivity contribution < 1.29 is 18.7 Å². The summed E-state index contributed by atoms with van der Waals surface area (Å²) in [5.41, 5.74) is 1.43. The third-order valence-electron chi connectivity index (χ3n) is 2.96. The van der Waals surface area contributed by atoms with E-state index in [1.54, 1.807) is 44.4 Å². The number of halogens is 1. The summed E-state index contributed by atoms with van der Waals surface area (Å²) in [7, 11) is 2.91. The first-order valence-electron chi connectivity index (χ1n) is 6.25. The van der Waals surface area contributed by atoms with Crippen LogP contribution in [0, 0.1) is 0 Å². The van der Waals surface area contributed by atoms with Crippen LogP contribution in [-0.2, 0) is 9.53 Å². The zero-order chi connectivity index (χ0) is 15.4. The lowest BCUT2D eigenvalue weighted by molar-refractivity contribution is -0.134. The standard InChI is InChI=1S/C16H15ClO4/c1-10(8-16(18)20-3)13-6-7-15(21-13)12-9-11(17)4-5-14(12)19-2/h4-9H,1-3H3/b10-8+. The molecule has 4 nitrogen and oxygen atoms in total. The fourth-order valence-corrected chi connectivity index (χ4v) is 2.05. The highest BCUT2D eigenvalue weighted by atomic mass is 35.5. The lowest BCUT2D eigenvalue weighted by Crippen LogP contribution is -1.95. The van der Waals surface area contributed by atoms with Crippen LogP contribution in [0.4, 0.5) is 0 Å². The van der Waals surface area contributed by atoms with E-state index in [-0.39, 0.29) is 0 Å². The molecule has 0 amide bonds. The number of furan rings is 1. The Balaban J connectivity index is 2.38. The number of hydrogen-bond acceptors (Lipinski definition) is 4. The Bertz CT molecular complexity index is 685. The third kappa shape index (κ3) is 3.47. The minimum absolute atomic E-state index is 0.425. The van der Waals surface area contributed by atoms with Gasteiger partial charge in [-0.1, -0.05) is 11.6 Å². The van der Waals surface area contributed by atoms with Crippen molar-refractivity contribution >= 4 is 23.1 Å². The molecule has 0 aliphatic carbocycles. The highest BCUT2D eigenvalue weighted by molar-refractivity contribution is 6.30. The molecule has 1 heterocycles. The second-order valence-electron chi connectivity index (χ2n) is 4.36. The van der Waals surface area contributed by atoms with Gasteiger partial charge in [-0.2, -0.15) is 0 Å². The van der Waals surface area contributed by atoms with Crippen molar-refractivity contribution in [3.63, 3.8) is 0 Å². The Morgan fingerprint density at radius 3 is 2.67 bits per heavy atom. The molecule has 0 N–H and O–H groups in total. The molecular weight excluding hydrogens is 292 g/mol. The number of allylic oxidation sites excluding steroid dienone is 1. The fourth-order valence-electron chi connectivity index (χ4n) is 1.87. The van der Waals surface area contributed by atoms with Crippen molar-refractivity contribution in [3.8, 4) is 17.1 Å². The highest BCUT2D eigenvalue weighted by Crippen LogP contribution is 2.34. The monoisotopic (exact) mass is 306 g/mol. The van der Waals surface area contributed by atoms with E-state index in [2.05, 4.69) is 4.74 Å². The molecule has 0 aliphatic heterocycles. The molecule has 2 aromatic rings. The number of benzene rings is 1. The molecule has 0 atom stereocenters. The molecule has 0 aliphatic rings. The van der Waals surface area contributed by atoms with E-state index in [4.69, 9.17) is 20.8 Å². The normalized spacial score (nSPS) is 11.3. The van der Waals surface area contributed by atoms with Crippen LogP contribution in [0.3, 0.4) is 0 Å². The van der Waals surface area contributed by atoms with Gasteiger partial charge in [0.05, 0.1) is 19.8 Å². The van der Waals surface area contributed by atoms with Gasteiger partial charge >= 0.3 is 5.97 Å². The number of carbonyl (C=O) groups excluding carboxylic acids is 1. The molecule has 2 rings (SSSR count). The minimum Gasteiger partial charge on any atom is -0.496 e. The van der Waals surface area contributed by atoms with Crippen molar-refractivity contribution in [2.45, 2.75) is 6.92 Å². The van der Waals surface area contributed by atoms with Crippen molar-refractivity contribution in [2.75, 3.05) is 14.2 Å². The topological polar surface area (TPSA) is 48.7 Å². The van der Waals surface area contributed by atoms with Crippen molar-refractivity contribution in [2.24, 2.45) is 0 Å². The molecule has 0 fully saturated rings. The molecule has 0 radical (unpaired) electrons. The lowest BCUT2D eigenvalue weighted by Gasteiger charge is -2.06. The van der Waals surface area contributed by atoms with Gasteiger partial charge < -0.3 is 13.9 Å². The zero-order valence-electron chi connectivity index (χ0n) is 12.0. The second kappa shape index (κ2) is 6.50. The van der Waals surface area contributed by atoms with E-state index in [1.807, 2.05) is 0 Å². The smallest absolute Gasteiger partial charge is 0.330 e. The first-order valence-corrected chi connectivity index (χ1v) is 6.63. The van der Waals surface area contributed by atoms with Gasteiger partial charge in [0, 0.05) is 11.1 Å². The predicted octanol–water partition coefficient (Wildman–Crippen LogP) is 4.18. The fraction of sp³-hybridized carbons (Fsp3) is 0.188. The first-order chi connectivity index (χ1) is 10.0. The molecule has 21 heavy (non-hydrogen) atoms. The van der Waals surface area contributed by atoms with E-state index in [9.17, 15) is 4.79 Å². The number of ether oxygens (including phenoxy) is 2. The van der Waals surface area contributed by atoms with Gasteiger partial charge in [0.25, 0.3) is 0 Å². The van der Waals surface area contributed by atoms with E-state index in [0.717, 1.165) is 5.56 Å². The minimum atomic E-state index is -0.425. The zero-order valence-corrected chi connectivity index (χ0v) is 12.7. The molecular formula is C16H15ClO4. The van der Waals surface area contributed by atoms with Crippen LogP contribution < -0.4 is 4.74 Å². The summed E-state index contributed by atoms with van der Waals surface area (Å²) in [4.78, 5) is 11.2. The van der Waals surface area contributed by atoms with Crippen molar-refractivity contribution in [1.29, 1.82) is 0 Å². The summed E-state index contributed by atoms with van der Waals surface area (Å²) in [5, 5.41) is 0.588. The maximum Gasteiger partial charge on any atom is 0.330 e. The molecule has 0 bridgehead atoms. The summed E-state index contributed by atoms with van der Waals surface area (Å²) in [6, 6.07) is 8.87. The Morgan fingerprint density at radius 1 is 1.24 bits per heavy atom. The number of carbonyl (C=O) groups is 1. The molecule has 5 heteroatoms. The SMILES string of the molecule is COC(=O)/C=C(\C)c1ccc(-c2cc(Cl)ccc2OC)o1. The van der Waals surface area contributed by atoms with Crippen LogP contribution in [0.2, 0.25) is 5.02 Å². The highest BCUT2D eigenvalue weighted by Gasteiger charge is 2.12. The van der Waals surface area contributed by atoms with Crippen LogP contribution in [0.5, 0.6) is 5.75 Å². The molecule has 1 aromatic heterocycles. The van der Waals surface area contributed by atoms with Crippen LogP contribution >= 0.6 is 11.6 Å². The van der Waals surface area contributed by atoms with E-state index in [0.29, 0.717) is 27.9 Å². The average molecular weight is 307 g/mol. The average Bonchev–Trinajstić information content (AvgIpc) is 2.96. The first kappa shape index (κ1) is 15.2. The van der Waals surface area contributed by atoms with Gasteiger partial charge in [0.1, 0.15) is 17.3 Å². The maximum atomic E-state index is 11.2. The number of rotatable bonds is 4.